The molecule has 1 aliphatic heterocycles. The summed E-state index contributed by atoms with van der Waals surface area (Å²) in [6, 6.07) is 0. The summed E-state index contributed by atoms with van der Waals surface area (Å²) in [5, 5.41) is 9.15. The van der Waals surface area contributed by atoms with E-state index in [1.807, 2.05) is 6.92 Å². The second-order valence-corrected chi connectivity index (χ2v) is 2.52. The number of rotatable bonds is 1. The molecule has 0 aromatic rings. The summed E-state index contributed by atoms with van der Waals surface area (Å²) in [7, 11) is 0. The standard InChI is InChI=1S/C6H13NO2/c1-4-2-5(8)6(3-7)9-4/h4-6,8H,2-3,7H2,1H3/t4-,5?,6?/m0/s1. The van der Waals surface area contributed by atoms with E-state index in [1.54, 1.807) is 0 Å². The van der Waals surface area contributed by atoms with E-state index >= 15 is 0 Å². The van der Waals surface area contributed by atoms with Crippen LogP contribution in [0, 0.1) is 0 Å². The third kappa shape index (κ3) is 1.41. The van der Waals surface area contributed by atoms with Gasteiger partial charge >= 0.3 is 0 Å². The highest BCUT2D eigenvalue weighted by molar-refractivity contribution is 4.79. The molecule has 0 aliphatic carbocycles. The van der Waals surface area contributed by atoms with Crippen molar-refractivity contribution in [2.45, 2.75) is 31.7 Å². The average molecular weight is 131 g/mol. The van der Waals surface area contributed by atoms with Crippen molar-refractivity contribution < 1.29 is 9.84 Å². The molecule has 1 aliphatic rings. The average Bonchev–Trinajstić information content (AvgIpc) is 2.10. The van der Waals surface area contributed by atoms with Gasteiger partial charge in [0.2, 0.25) is 0 Å². The molecule has 0 spiro atoms. The fourth-order valence-electron chi connectivity index (χ4n) is 1.15. The lowest BCUT2D eigenvalue weighted by Crippen LogP contribution is -2.29. The molecule has 3 N–H and O–H groups in total. The van der Waals surface area contributed by atoms with E-state index in [2.05, 4.69) is 0 Å². The molecule has 1 rings (SSSR count). The molecule has 3 heteroatoms. The zero-order valence-corrected chi connectivity index (χ0v) is 5.58. The van der Waals surface area contributed by atoms with Gasteiger partial charge in [0.25, 0.3) is 0 Å². The molecule has 0 radical (unpaired) electrons. The Morgan fingerprint density at radius 3 is 2.67 bits per heavy atom. The van der Waals surface area contributed by atoms with Crippen molar-refractivity contribution >= 4 is 0 Å². The molecular formula is C6H13NO2. The van der Waals surface area contributed by atoms with Gasteiger partial charge in [-0.1, -0.05) is 0 Å². The Morgan fingerprint density at radius 1 is 1.78 bits per heavy atom. The van der Waals surface area contributed by atoms with Gasteiger partial charge < -0.3 is 15.6 Å². The first kappa shape index (κ1) is 6.99. The second kappa shape index (κ2) is 2.64. The van der Waals surface area contributed by atoms with Gasteiger partial charge in [0.05, 0.1) is 18.3 Å². The zero-order valence-electron chi connectivity index (χ0n) is 5.58. The maximum atomic E-state index is 9.15. The Morgan fingerprint density at radius 2 is 2.44 bits per heavy atom. The molecule has 2 unspecified atom stereocenters. The lowest BCUT2D eigenvalue weighted by molar-refractivity contribution is 0.0224. The van der Waals surface area contributed by atoms with E-state index < -0.39 is 0 Å². The fraction of sp³-hybridized carbons (Fsp3) is 1.00. The van der Waals surface area contributed by atoms with Crippen molar-refractivity contribution in [3.63, 3.8) is 0 Å². The lowest BCUT2D eigenvalue weighted by atomic mass is 10.1. The summed E-state index contributed by atoms with van der Waals surface area (Å²) in [5.41, 5.74) is 5.30. The van der Waals surface area contributed by atoms with Gasteiger partial charge in [-0.25, -0.2) is 0 Å². The van der Waals surface area contributed by atoms with Crippen LogP contribution in [0.25, 0.3) is 0 Å². The highest BCUT2D eigenvalue weighted by atomic mass is 16.5. The number of aliphatic hydroxyl groups is 1. The molecule has 0 aromatic carbocycles. The number of ether oxygens (including phenoxy) is 1. The summed E-state index contributed by atoms with van der Waals surface area (Å²) in [6.45, 7) is 2.37. The first-order chi connectivity index (χ1) is 4.24. The van der Waals surface area contributed by atoms with Gasteiger partial charge in [0.1, 0.15) is 0 Å². The smallest absolute Gasteiger partial charge is 0.0960 e. The van der Waals surface area contributed by atoms with Gasteiger partial charge in [-0.3, -0.25) is 0 Å². The van der Waals surface area contributed by atoms with Crippen LogP contribution in [0.1, 0.15) is 13.3 Å². The molecule has 9 heavy (non-hydrogen) atoms. The van der Waals surface area contributed by atoms with Crippen molar-refractivity contribution in [1.29, 1.82) is 0 Å². The topological polar surface area (TPSA) is 55.5 Å². The van der Waals surface area contributed by atoms with Gasteiger partial charge in [-0.05, 0) is 6.92 Å². The molecule has 54 valence electrons. The molecule has 3 atom stereocenters. The first-order valence-electron chi connectivity index (χ1n) is 3.27. The first-order valence-corrected chi connectivity index (χ1v) is 3.27. The minimum atomic E-state index is -0.343. The molecule has 0 saturated carbocycles. The van der Waals surface area contributed by atoms with Crippen LogP contribution in [0.15, 0.2) is 0 Å². The predicted molar refractivity (Wildman–Crippen MR) is 34.0 cm³/mol. The summed E-state index contributed by atoms with van der Waals surface area (Å²) >= 11 is 0. The normalized spacial score (nSPS) is 43.7. The van der Waals surface area contributed by atoms with E-state index in [4.69, 9.17) is 15.6 Å². The third-order valence-corrected chi connectivity index (χ3v) is 1.64. The van der Waals surface area contributed by atoms with Crippen molar-refractivity contribution in [3.05, 3.63) is 0 Å². The Bertz CT molecular complexity index is 97.1. The lowest BCUT2D eigenvalue weighted by Gasteiger charge is -2.09. The van der Waals surface area contributed by atoms with E-state index in [1.165, 1.54) is 0 Å². The fourth-order valence-corrected chi connectivity index (χ4v) is 1.15. The van der Waals surface area contributed by atoms with Gasteiger partial charge in [0.15, 0.2) is 0 Å². The number of hydrogen-bond acceptors (Lipinski definition) is 3. The minimum absolute atomic E-state index is 0.125. The van der Waals surface area contributed by atoms with Gasteiger partial charge in [-0.2, -0.15) is 0 Å². The Kier molecular flexibility index (Phi) is 2.05. The van der Waals surface area contributed by atoms with Crippen LogP contribution in [0.2, 0.25) is 0 Å². The van der Waals surface area contributed by atoms with Crippen LogP contribution in [0.4, 0.5) is 0 Å². The molecule has 3 nitrogen and oxygen atoms in total. The van der Waals surface area contributed by atoms with Crippen LogP contribution in [0.3, 0.4) is 0 Å². The third-order valence-electron chi connectivity index (χ3n) is 1.64. The molecule has 1 saturated heterocycles. The van der Waals surface area contributed by atoms with Crippen LogP contribution >= 0.6 is 0 Å². The van der Waals surface area contributed by atoms with E-state index in [0.29, 0.717) is 6.54 Å². The van der Waals surface area contributed by atoms with Crippen LogP contribution in [-0.2, 0) is 4.74 Å². The molecule has 0 bridgehead atoms. The Balaban J connectivity index is 2.38. The SMILES string of the molecule is C[C@H]1CC(O)C(CN)O1. The Labute approximate surface area is 54.8 Å². The summed E-state index contributed by atoms with van der Waals surface area (Å²) in [4.78, 5) is 0. The van der Waals surface area contributed by atoms with Crippen molar-refractivity contribution in [1.82, 2.24) is 0 Å². The van der Waals surface area contributed by atoms with Crippen LogP contribution < -0.4 is 5.73 Å². The van der Waals surface area contributed by atoms with Crippen molar-refractivity contribution in [2.75, 3.05) is 6.54 Å². The molecule has 0 aromatic heterocycles. The van der Waals surface area contributed by atoms with Crippen LogP contribution in [-0.4, -0.2) is 30.0 Å². The molecular weight excluding hydrogens is 118 g/mol. The summed E-state index contributed by atoms with van der Waals surface area (Å²) < 4.78 is 5.25. The van der Waals surface area contributed by atoms with Crippen molar-refractivity contribution in [2.24, 2.45) is 5.73 Å². The largest absolute Gasteiger partial charge is 0.390 e. The quantitative estimate of drug-likeness (QED) is 0.503. The molecule has 1 fully saturated rings. The van der Waals surface area contributed by atoms with E-state index in [0.717, 1.165) is 6.42 Å². The molecule has 0 amide bonds. The number of nitrogens with two attached hydrogens (primary N) is 1. The second-order valence-electron chi connectivity index (χ2n) is 2.52. The van der Waals surface area contributed by atoms with Gasteiger partial charge in [-0.15, -0.1) is 0 Å². The highest BCUT2D eigenvalue weighted by Crippen LogP contribution is 2.18. The predicted octanol–water partition coefficient (Wildman–Crippen LogP) is -0.517. The molecule has 1 heterocycles. The minimum Gasteiger partial charge on any atom is -0.390 e. The Hall–Kier alpha value is -0.120. The number of hydrogen-bond donors (Lipinski definition) is 2. The van der Waals surface area contributed by atoms with E-state index in [-0.39, 0.29) is 18.3 Å². The maximum Gasteiger partial charge on any atom is 0.0960 e. The monoisotopic (exact) mass is 131 g/mol. The number of aliphatic hydroxyl groups excluding tert-OH is 1. The summed E-state index contributed by atoms with van der Waals surface area (Å²) in [6.07, 6.45) is 0.431. The zero-order chi connectivity index (χ0) is 6.85. The van der Waals surface area contributed by atoms with Crippen molar-refractivity contribution in [3.8, 4) is 0 Å². The van der Waals surface area contributed by atoms with Gasteiger partial charge in [0, 0.05) is 13.0 Å². The maximum absolute atomic E-state index is 9.15. The highest BCUT2D eigenvalue weighted by Gasteiger charge is 2.29. The van der Waals surface area contributed by atoms with Crippen LogP contribution in [0.5, 0.6) is 0 Å². The summed E-state index contributed by atoms with van der Waals surface area (Å²) in [5.74, 6) is 0. The van der Waals surface area contributed by atoms with E-state index in [9.17, 15) is 0 Å².